The molecule has 1 aliphatic heterocycles. The summed E-state index contributed by atoms with van der Waals surface area (Å²) in [7, 11) is 0. The van der Waals surface area contributed by atoms with Gasteiger partial charge in [-0.05, 0) is 31.0 Å². The van der Waals surface area contributed by atoms with Crippen LogP contribution in [0.5, 0.6) is 5.75 Å². The van der Waals surface area contributed by atoms with Gasteiger partial charge in [-0.1, -0.05) is 0 Å². The number of nitrogens with zero attached hydrogens (tertiary/aromatic N) is 6. The number of pyridine rings is 1. The van der Waals surface area contributed by atoms with E-state index in [2.05, 4.69) is 30.6 Å². The van der Waals surface area contributed by atoms with Crippen LogP contribution in [0.25, 0.3) is 16.8 Å². The van der Waals surface area contributed by atoms with Gasteiger partial charge < -0.3 is 31.1 Å². The highest BCUT2D eigenvalue weighted by molar-refractivity contribution is 7.14. The average Bonchev–Trinajstić information content (AvgIpc) is 3.59. The van der Waals surface area contributed by atoms with E-state index in [1.54, 1.807) is 22.8 Å². The predicted octanol–water partition coefficient (Wildman–Crippen LogP) is 3.29. The maximum atomic E-state index is 13.4. The lowest BCUT2D eigenvalue weighted by atomic mass is 10.0. The minimum absolute atomic E-state index is 0.0136. The molecule has 4 aromatic heterocycles. The van der Waals surface area contributed by atoms with Gasteiger partial charge in [0.2, 0.25) is 0 Å². The Bertz CT molecular complexity index is 1650. The molecule has 13 nitrogen and oxygen atoms in total. The van der Waals surface area contributed by atoms with Gasteiger partial charge in [-0.2, -0.15) is 10.4 Å². The van der Waals surface area contributed by atoms with Crippen LogP contribution in [-0.4, -0.2) is 69.0 Å². The minimum atomic E-state index is -2.79. The van der Waals surface area contributed by atoms with E-state index in [0.717, 1.165) is 18.2 Å². The molecule has 0 radical (unpaired) electrons. The number of hydrogen-bond donors (Lipinski definition) is 4. The number of carboxylic acid groups (broad SMARTS) is 1. The van der Waals surface area contributed by atoms with Crippen LogP contribution in [0.1, 0.15) is 39.5 Å². The van der Waals surface area contributed by atoms with Crippen LogP contribution in [0.2, 0.25) is 0 Å². The second kappa shape index (κ2) is 12.2. The molecule has 2 amide bonds. The number of halogens is 2. The van der Waals surface area contributed by atoms with Gasteiger partial charge in [0.25, 0.3) is 12.3 Å². The molecule has 1 fully saturated rings. The van der Waals surface area contributed by atoms with E-state index in [9.17, 15) is 18.4 Å². The number of hydrogen-bond acceptors (Lipinski definition) is 10. The number of alkyl halides is 2. The number of anilines is 2. The quantitative estimate of drug-likeness (QED) is 0.209. The summed E-state index contributed by atoms with van der Waals surface area (Å²) < 4.78 is 34.0. The number of nitrogens with two attached hydrogens (primary N) is 1. The normalized spacial score (nSPS) is 15.0. The lowest BCUT2D eigenvalue weighted by molar-refractivity contribution is 0.0933. The zero-order valence-corrected chi connectivity index (χ0v) is 22.8. The van der Waals surface area contributed by atoms with Gasteiger partial charge in [0.1, 0.15) is 40.8 Å². The number of nitriles is 1. The van der Waals surface area contributed by atoms with Crippen molar-refractivity contribution in [3.05, 3.63) is 52.2 Å². The van der Waals surface area contributed by atoms with Crippen molar-refractivity contribution in [3.63, 3.8) is 0 Å². The number of carbonyl (C=O) groups is 2. The SMILES string of the molecule is N#Cc1ccc(-c2cc(N3CCCC(NC(=O)c4sc(C(F)F)cc4OCCNC(=O)O)C3)c3c(N)ncnn23)cn1. The summed E-state index contributed by atoms with van der Waals surface area (Å²) >= 11 is 0.633. The van der Waals surface area contributed by atoms with Crippen molar-refractivity contribution in [2.75, 3.05) is 36.9 Å². The monoisotopic (exact) mass is 597 g/mol. The number of rotatable bonds is 9. The standard InChI is InChI=1S/C26H25F2N9O4S/c27-23(28)20-9-19(41-7-5-31-26(39)40)22(42-20)25(38)35-16-2-1-6-36(12-16)18-8-17(14-3-4-15(10-29)32-11-14)37-21(18)24(30)33-13-34-37/h3-4,8-9,11,13,16,23,31H,1-2,5-7,12H2,(H,35,38)(H,39,40)(H2,30,33,34). The topological polar surface area (TPSA) is 184 Å². The highest BCUT2D eigenvalue weighted by Crippen LogP contribution is 2.37. The summed E-state index contributed by atoms with van der Waals surface area (Å²) in [6, 6.07) is 8.04. The second-order valence-electron chi connectivity index (χ2n) is 9.35. The summed E-state index contributed by atoms with van der Waals surface area (Å²) in [5, 5.41) is 27.2. The molecule has 16 heteroatoms. The van der Waals surface area contributed by atoms with Crippen molar-refractivity contribution in [1.29, 1.82) is 5.26 Å². The van der Waals surface area contributed by atoms with Crippen LogP contribution < -0.4 is 26.0 Å². The average molecular weight is 598 g/mol. The number of aromatic nitrogens is 4. The number of carbonyl (C=O) groups excluding carboxylic acids is 1. The molecule has 5 rings (SSSR count). The number of fused-ring (bicyclic) bond motifs is 1. The summed E-state index contributed by atoms with van der Waals surface area (Å²) in [6.07, 6.45) is 0.254. The van der Waals surface area contributed by atoms with Crippen molar-refractivity contribution >= 4 is 40.4 Å². The van der Waals surface area contributed by atoms with Gasteiger partial charge in [0.15, 0.2) is 5.82 Å². The molecule has 0 bridgehead atoms. The van der Waals surface area contributed by atoms with Crippen molar-refractivity contribution in [2.24, 2.45) is 0 Å². The molecule has 4 aromatic rings. The Morgan fingerprint density at radius 1 is 1.31 bits per heavy atom. The molecule has 0 aromatic carbocycles. The number of thiophene rings is 1. The van der Waals surface area contributed by atoms with Crippen LogP contribution in [0.15, 0.2) is 36.8 Å². The van der Waals surface area contributed by atoms with Crippen molar-refractivity contribution in [3.8, 4) is 23.1 Å². The molecule has 1 aliphatic rings. The third-order valence-corrected chi connectivity index (χ3v) is 7.73. The van der Waals surface area contributed by atoms with E-state index in [0.29, 0.717) is 47.6 Å². The fraction of sp³-hybridized carbons (Fsp3) is 0.308. The Morgan fingerprint density at radius 2 is 2.14 bits per heavy atom. The number of ether oxygens (including phenoxy) is 1. The van der Waals surface area contributed by atoms with Gasteiger partial charge in [-0.25, -0.2) is 28.1 Å². The summed E-state index contributed by atoms with van der Waals surface area (Å²) in [5.74, 6) is -0.332. The molecule has 1 unspecified atom stereocenters. The first-order valence-corrected chi connectivity index (χ1v) is 13.6. The fourth-order valence-corrected chi connectivity index (χ4v) is 5.62. The number of amides is 2. The molecular weight excluding hydrogens is 572 g/mol. The predicted molar refractivity (Wildman–Crippen MR) is 149 cm³/mol. The molecule has 0 saturated carbocycles. The minimum Gasteiger partial charge on any atom is -0.490 e. The lowest BCUT2D eigenvalue weighted by Gasteiger charge is -2.34. The zero-order valence-electron chi connectivity index (χ0n) is 22.0. The molecule has 218 valence electrons. The summed E-state index contributed by atoms with van der Waals surface area (Å²) in [6.45, 7) is 0.847. The molecular formula is C26H25F2N9O4S. The Kier molecular flexibility index (Phi) is 8.29. The molecule has 1 atom stereocenters. The molecule has 1 saturated heterocycles. The molecule has 0 aliphatic carbocycles. The van der Waals surface area contributed by atoms with Crippen LogP contribution in [0, 0.1) is 11.3 Å². The maximum absolute atomic E-state index is 13.4. The summed E-state index contributed by atoms with van der Waals surface area (Å²) in [4.78, 5) is 33.9. The first-order valence-electron chi connectivity index (χ1n) is 12.8. The number of piperidine rings is 1. The van der Waals surface area contributed by atoms with E-state index in [-0.39, 0.29) is 46.2 Å². The molecule has 42 heavy (non-hydrogen) atoms. The van der Waals surface area contributed by atoms with Crippen LogP contribution in [0.3, 0.4) is 0 Å². The Labute approximate surface area is 241 Å². The third kappa shape index (κ3) is 6.00. The highest BCUT2D eigenvalue weighted by atomic mass is 32.1. The maximum Gasteiger partial charge on any atom is 0.404 e. The van der Waals surface area contributed by atoms with Gasteiger partial charge in [-0.15, -0.1) is 11.3 Å². The number of nitrogen functional groups attached to an aromatic ring is 1. The highest BCUT2D eigenvalue weighted by Gasteiger charge is 2.28. The van der Waals surface area contributed by atoms with Crippen LogP contribution in [0.4, 0.5) is 25.1 Å². The van der Waals surface area contributed by atoms with E-state index in [1.165, 1.54) is 6.33 Å². The Balaban J connectivity index is 1.36. The van der Waals surface area contributed by atoms with E-state index in [1.807, 2.05) is 12.1 Å². The van der Waals surface area contributed by atoms with Gasteiger partial charge in [0, 0.05) is 37.0 Å². The van der Waals surface area contributed by atoms with Gasteiger partial charge >= 0.3 is 6.09 Å². The Hall–Kier alpha value is -5.04. The first kappa shape index (κ1) is 28.5. The van der Waals surface area contributed by atoms with E-state index in [4.69, 9.17) is 20.8 Å². The van der Waals surface area contributed by atoms with Gasteiger partial charge in [-0.3, -0.25) is 4.79 Å². The third-order valence-electron chi connectivity index (χ3n) is 6.61. The van der Waals surface area contributed by atoms with E-state index >= 15 is 0 Å². The lowest BCUT2D eigenvalue weighted by Crippen LogP contribution is -2.47. The summed E-state index contributed by atoms with van der Waals surface area (Å²) in [5.41, 5.74) is 9.27. The Morgan fingerprint density at radius 3 is 2.86 bits per heavy atom. The molecule has 5 heterocycles. The van der Waals surface area contributed by atoms with E-state index < -0.39 is 18.4 Å². The molecule has 0 spiro atoms. The fourth-order valence-electron chi connectivity index (χ4n) is 4.76. The largest absolute Gasteiger partial charge is 0.490 e. The number of nitrogens with one attached hydrogen (secondary N) is 2. The van der Waals surface area contributed by atoms with Gasteiger partial charge in [0.05, 0.1) is 22.8 Å². The second-order valence-corrected chi connectivity index (χ2v) is 10.4. The molecule has 5 N–H and O–H groups in total. The smallest absolute Gasteiger partial charge is 0.404 e. The van der Waals surface area contributed by atoms with Crippen molar-refractivity contribution in [1.82, 2.24) is 30.2 Å². The van der Waals surface area contributed by atoms with Crippen LogP contribution >= 0.6 is 11.3 Å². The zero-order chi connectivity index (χ0) is 29.8. The first-order chi connectivity index (χ1) is 20.2. The van der Waals surface area contributed by atoms with Crippen LogP contribution in [-0.2, 0) is 0 Å². The van der Waals surface area contributed by atoms with Crippen molar-refractivity contribution < 1.29 is 28.2 Å². The van der Waals surface area contributed by atoms with Crippen molar-refractivity contribution in [2.45, 2.75) is 25.3 Å².